The number of nitrogens with one attached hydrogen (secondary N) is 2. The van der Waals surface area contributed by atoms with Gasteiger partial charge in [0.2, 0.25) is 5.91 Å². The zero-order valence-electron chi connectivity index (χ0n) is 17.0. The number of halogens is 1. The summed E-state index contributed by atoms with van der Waals surface area (Å²) >= 11 is 5.90. The van der Waals surface area contributed by atoms with Crippen LogP contribution in [0.15, 0.2) is 54.6 Å². The van der Waals surface area contributed by atoms with Gasteiger partial charge in [0.1, 0.15) is 0 Å². The summed E-state index contributed by atoms with van der Waals surface area (Å²) in [7, 11) is 0. The van der Waals surface area contributed by atoms with Crippen molar-refractivity contribution in [1.82, 2.24) is 5.32 Å². The summed E-state index contributed by atoms with van der Waals surface area (Å²) in [6.45, 7) is 2.95. The van der Waals surface area contributed by atoms with Crippen molar-refractivity contribution in [3.63, 3.8) is 0 Å². The van der Waals surface area contributed by atoms with Crippen molar-refractivity contribution in [2.24, 2.45) is 0 Å². The first-order valence-electron chi connectivity index (χ1n) is 10.3. The van der Waals surface area contributed by atoms with Gasteiger partial charge in [-0.25, -0.2) is 4.79 Å². The highest BCUT2D eigenvalue weighted by Crippen LogP contribution is 2.17. The van der Waals surface area contributed by atoms with Crippen LogP contribution >= 0.6 is 11.6 Å². The zero-order chi connectivity index (χ0) is 20.9. The van der Waals surface area contributed by atoms with Crippen molar-refractivity contribution < 1.29 is 9.59 Å². The molecule has 0 saturated heterocycles. The Morgan fingerprint density at radius 3 is 2.31 bits per heavy atom. The van der Waals surface area contributed by atoms with Crippen LogP contribution in [0.3, 0.4) is 0 Å². The molecule has 0 atom stereocenters. The number of carbonyl (C=O) groups excluding carboxylic acids is 2. The molecule has 3 amide bonds. The Morgan fingerprint density at radius 2 is 1.62 bits per heavy atom. The topological polar surface area (TPSA) is 61.4 Å². The lowest BCUT2D eigenvalue weighted by atomic mass is 10.1. The number of hydrogen-bond acceptors (Lipinski definition) is 2. The lowest BCUT2D eigenvalue weighted by Crippen LogP contribution is -2.41. The summed E-state index contributed by atoms with van der Waals surface area (Å²) in [5, 5.41) is 6.41. The van der Waals surface area contributed by atoms with Gasteiger partial charge in [-0.3, -0.25) is 9.69 Å². The Kier molecular flexibility index (Phi) is 10.1. The van der Waals surface area contributed by atoms with E-state index in [1.54, 1.807) is 29.2 Å². The van der Waals surface area contributed by atoms with E-state index in [1.807, 2.05) is 30.3 Å². The maximum absolute atomic E-state index is 12.8. The third-order valence-electron chi connectivity index (χ3n) is 4.57. The lowest BCUT2D eigenvalue weighted by Gasteiger charge is -2.23. The largest absolute Gasteiger partial charge is 0.354 e. The summed E-state index contributed by atoms with van der Waals surface area (Å²) in [5.74, 6) is 0.0348. The minimum Gasteiger partial charge on any atom is -0.354 e. The highest BCUT2D eigenvalue weighted by atomic mass is 35.5. The maximum Gasteiger partial charge on any atom is 0.326 e. The molecule has 156 valence electrons. The summed E-state index contributed by atoms with van der Waals surface area (Å²) in [6, 6.07) is 16.1. The number of carbonyl (C=O) groups is 2. The van der Waals surface area contributed by atoms with Crippen LogP contribution in [0.5, 0.6) is 0 Å². The Labute approximate surface area is 178 Å². The summed E-state index contributed by atoms with van der Waals surface area (Å²) in [4.78, 5) is 26.5. The molecule has 0 aliphatic heterocycles. The predicted octanol–water partition coefficient (Wildman–Crippen LogP) is 5.86. The van der Waals surface area contributed by atoms with Gasteiger partial charge in [-0.15, -0.1) is 0 Å². The van der Waals surface area contributed by atoms with Crippen LogP contribution in [0, 0.1) is 0 Å². The van der Waals surface area contributed by atoms with E-state index < -0.39 is 0 Å². The van der Waals surface area contributed by atoms with E-state index in [0.29, 0.717) is 30.2 Å². The fraction of sp³-hybridized carbons (Fsp3) is 0.391. The van der Waals surface area contributed by atoms with Crippen molar-refractivity contribution in [3.8, 4) is 0 Å². The molecular weight excluding hydrogens is 386 g/mol. The molecule has 0 aliphatic rings. The van der Waals surface area contributed by atoms with E-state index in [2.05, 4.69) is 17.6 Å². The molecule has 2 aromatic carbocycles. The molecule has 0 radical (unpaired) electrons. The van der Waals surface area contributed by atoms with Gasteiger partial charge in [0.25, 0.3) is 0 Å². The number of para-hydroxylation sites is 1. The highest BCUT2D eigenvalue weighted by molar-refractivity contribution is 6.30. The minimum atomic E-state index is -0.257. The van der Waals surface area contributed by atoms with Crippen LogP contribution in [0.2, 0.25) is 5.02 Å². The first-order chi connectivity index (χ1) is 14.1. The van der Waals surface area contributed by atoms with Crippen molar-refractivity contribution >= 4 is 34.9 Å². The molecule has 0 spiro atoms. The molecule has 6 heteroatoms. The van der Waals surface area contributed by atoms with Gasteiger partial charge in [-0.05, 0) is 42.8 Å². The number of anilines is 2. The number of rotatable bonds is 11. The van der Waals surface area contributed by atoms with Gasteiger partial charge in [0.05, 0.1) is 0 Å². The summed E-state index contributed by atoms with van der Waals surface area (Å²) in [5.41, 5.74) is 1.43. The van der Waals surface area contributed by atoms with E-state index in [0.717, 1.165) is 18.5 Å². The van der Waals surface area contributed by atoms with Crippen LogP contribution in [0.4, 0.5) is 16.2 Å². The number of benzene rings is 2. The maximum atomic E-state index is 12.8. The first kappa shape index (κ1) is 22.8. The van der Waals surface area contributed by atoms with Crippen molar-refractivity contribution in [2.75, 3.05) is 23.3 Å². The molecule has 0 bridgehead atoms. The SMILES string of the molecule is CCCCCCCC(=O)NCCN(C(=O)Nc1ccc(Cl)cc1)c1ccccc1. The van der Waals surface area contributed by atoms with Crippen molar-refractivity contribution in [1.29, 1.82) is 0 Å². The van der Waals surface area contributed by atoms with E-state index >= 15 is 0 Å². The van der Waals surface area contributed by atoms with Gasteiger partial charge in [-0.2, -0.15) is 0 Å². The Morgan fingerprint density at radius 1 is 0.931 bits per heavy atom. The number of urea groups is 1. The first-order valence-corrected chi connectivity index (χ1v) is 10.6. The zero-order valence-corrected chi connectivity index (χ0v) is 17.8. The molecule has 0 heterocycles. The second-order valence-corrected chi connectivity index (χ2v) is 7.37. The third kappa shape index (κ3) is 8.57. The van der Waals surface area contributed by atoms with Gasteiger partial charge < -0.3 is 10.6 Å². The molecular formula is C23H30ClN3O2. The van der Waals surface area contributed by atoms with Crippen LogP contribution in [-0.2, 0) is 4.79 Å². The molecule has 2 rings (SSSR count). The average molecular weight is 416 g/mol. The highest BCUT2D eigenvalue weighted by Gasteiger charge is 2.16. The minimum absolute atomic E-state index is 0.0348. The Bertz CT molecular complexity index is 750. The van der Waals surface area contributed by atoms with Gasteiger partial charge in [0, 0.05) is 35.9 Å². The molecule has 2 aromatic rings. The van der Waals surface area contributed by atoms with Crippen molar-refractivity contribution in [2.45, 2.75) is 45.4 Å². The summed E-state index contributed by atoms with van der Waals surface area (Å²) < 4.78 is 0. The van der Waals surface area contributed by atoms with Crippen LogP contribution in [-0.4, -0.2) is 25.0 Å². The van der Waals surface area contributed by atoms with Crippen LogP contribution in [0.25, 0.3) is 0 Å². The van der Waals surface area contributed by atoms with E-state index in [-0.39, 0.29) is 11.9 Å². The Hall–Kier alpha value is -2.53. The molecule has 5 nitrogen and oxygen atoms in total. The second kappa shape index (κ2) is 12.8. The van der Waals surface area contributed by atoms with E-state index in [9.17, 15) is 9.59 Å². The average Bonchev–Trinajstić information content (AvgIpc) is 2.73. The molecule has 29 heavy (non-hydrogen) atoms. The van der Waals surface area contributed by atoms with Crippen molar-refractivity contribution in [3.05, 3.63) is 59.6 Å². The predicted molar refractivity (Wildman–Crippen MR) is 121 cm³/mol. The molecule has 0 aliphatic carbocycles. The Balaban J connectivity index is 1.87. The molecule has 0 fully saturated rings. The fourth-order valence-electron chi connectivity index (χ4n) is 2.96. The fourth-order valence-corrected chi connectivity index (χ4v) is 3.09. The molecule has 2 N–H and O–H groups in total. The monoisotopic (exact) mass is 415 g/mol. The quantitative estimate of drug-likeness (QED) is 0.452. The molecule has 0 unspecified atom stereocenters. The van der Waals surface area contributed by atoms with Crippen LogP contribution < -0.4 is 15.5 Å². The third-order valence-corrected chi connectivity index (χ3v) is 4.83. The standard InChI is InChI=1S/C23H30ClN3O2/c1-2-3-4-5-9-12-22(28)25-17-18-27(21-10-7-6-8-11-21)23(29)26-20-15-13-19(24)14-16-20/h6-8,10-11,13-16H,2-5,9,12,17-18H2,1H3,(H,25,28)(H,26,29). The number of unbranched alkanes of at least 4 members (excludes halogenated alkanes) is 4. The smallest absolute Gasteiger partial charge is 0.326 e. The van der Waals surface area contributed by atoms with E-state index in [1.165, 1.54) is 19.3 Å². The number of amides is 3. The second-order valence-electron chi connectivity index (χ2n) is 6.94. The summed E-state index contributed by atoms with van der Waals surface area (Å²) in [6.07, 6.45) is 6.12. The molecule has 0 aromatic heterocycles. The molecule has 0 saturated carbocycles. The van der Waals surface area contributed by atoms with E-state index in [4.69, 9.17) is 11.6 Å². The van der Waals surface area contributed by atoms with Crippen LogP contribution in [0.1, 0.15) is 45.4 Å². The normalized spacial score (nSPS) is 10.4. The number of hydrogen-bond donors (Lipinski definition) is 2. The number of nitrogens with zero attached hydrogens (tertiary/aromatic N) is 1. The van der Waals surface area contributed by atoms with Gasteiger partial charge in [-0.1, -0.05) is 62.4 Å². The van der Waals surface area contributed by atoms with Gasteiger partial charge in [0.15, 0.2) is 0 Å². The lowest BCUT2D eigenvalue weighted by molar-refractivity contribution is -0.121. The van der Waals surface area contributed by atoms with Gasteiger partial charge >= 0.3 is 6.03 Å².